The van der Waals surface area contributed by atoms with E-state index in [1.165, 1.54) is 24.3 Å². The minimum absolute atomic E-state index is 0.237. The number of nitrogens with zero attached hydrogens (tertiary/aromatic N) is 1. The van der Waals surface area contributed by atoms with Crippen molar-refractivity contribution >= 4 is 15.7 Å². The first kappa shape index (κ1) is 16.9. The molecule has 0 aliphatic heterocycles. The zero-order chi connectivity index (χ0) is 15.0. The third-order valence-electron chi connectivity index (χ3n) is 2.78. The van der Waals surface area contributed by atoms with E-state index in [2.05, 4.69) is 4.72 Å². The van der Waals surface area contributed by atoms with Crippen molar-refractivity contribution in [3.8, 4) is 0 Å². The highest BCUT2D eigenvalue weighted by molar-refractivity contribution is 7.89. The number of sulfonamides is 1. The molecule has 0 fully saturated rings. The number of hydrogen-bond acceptors (Lipinski definition) is 6. The quantitative estimate of drug-likeness (QED) is 0.465. The first-order valence-electron chi connectivity index (χ1n) is 6.44. The molecule has 0 aromatic heterocycles. The monoisotopic (exact) mass is 302 g/mol. The first-order valence-corrected chi connectivity index (χ1v) is 7.92. The molecule has 0 bridgehead atoms. The van der Waals surface area contributed by atoms with Crippen LogP contribution in [0, 0.1) is 5.21 Å². The number of unbranched alkanes of at least 4 members (excludes halogenated alkanes) is 3. The summed E-state index contributed by atoms with van der Waals surface area (Å²) in [5, 5.41) is 19.4. The molecule has 0 heterocycles. The van der Waals surface area contributed by atoms with Gasteiger partial charge in [0.05, 0.1) is 5.69 Å². The van der Waals surface area contributed by atoms with E-state index in [0.717, 1.165) is 19.3 Å². The van der Waals surface area contributed by atoms with Crippen LogP contribution in [-0.4, -0.2) is 26.7 Å². The highest BCUT2D eigenvalue weighted by Crippen LogP contribution is 2.22. The maximum absolute atomic E-state index is 12.0. The topological polar surface area (TPSA) is 119 Å². The zero-order valence-electron chi connectivity index (χ0n) is 11.2. The summed E-state index contributed by atoms with van der Waals surface area (Å²) in [6, 6.07) is 5.47. The molecule has 0 saturated heterocycles. The molecular formula is C12H20N3O4S-. The zero-order valence-corrected chi connectivity index (χ0v) is 12.0. The van der Waals surface area contributed by atoms with Crippen molar-refractivity contribution in [2.45, 2.75) is 30.6 Å². The molecule has 0 saturated carbocycles. The third kappa shape index (κ3) is 5.06. The summed E-state index contributed by atoms with van der Waals surface area (Å²) in [6.07, 6.45) is 3.46. The molecule has 0 radical (unpaired) electrons. The summed E-state index contributed by atoms with van der Waals surface area (Å²) in [4.78, 5) is -0.237. The largest absolute Gasteiger partial charge is 0.733 e. The van der Waals surface area contributed by atoms with Gasteiger partial charge in [-0.3, -0.25) is 5.21 Å². The van der Waals surface area contributed by atoms with Gasteiger partial charge in [0.15, 0.2) is 0 Å². The molecule has 0 amide bonds. The molecule has 1 rings (SSSR count). The number of benzene rings is 1. The van der Waals surface area contributed by atoms with E-state index >= 15 is 0 Å². The average molecular weight is 302 g/mol. The second-order valence-electron chi connectivity index (χ2n) is 4.34. The molecule has 8 heteroatoms. The van der Waals surface area contributed by atoms with Gasteiger partial charge in [-0.25, -0.2) is 13.1 Å². The molecule has 1 aromatic rings. The molecule has 0 aliphatic carbocycles. The van der Waals surface area contributed by atoms with Gasteiger partial charge in [0.25, 0.3) is 0 Å². The van der Waals surface area contributed by atoms with Gasteiger partial charge < -0.3 is 16.2 Å². The SMILES string of the molecule is NCCCCCCNS(=O)(=O)c1ccccc1N([O-])O. The van der Waals surface area contributed by atoms with Gasteiger partial charge in [0, 0.05) is 6.54 Å². The second kappa shape index (κ2) is 8.18. The van der Waals surface area contributed by atoms with Crippen LogP contribution >= 0.6 is 0 Å². The van der Waals surface area contributed by atoms with Crippen molar-refractivity contribution in [3.05, 3.63) is 29.5 Å². The number of nitrogens with one attached hydrogen (secondary N) is 1. The number of nitrogens with two attached hydrogens (primary N) is 1. The van der Waals surface area contributed by atoms with Crippen LogP contribution in [0.2, 0.25) is 0 Å². The summed E-state index contributed by atoms with van der Waals surface area (Å²) in [7, 11) is -3.81. The van der Waals surface area contributed by atoms with Gasteiger partial charge in [0.2, 0.25) is 10.0 Å². The number of para-hydroxylation sites is 1. The van der Waals surface area contributed by atoms with Gasteiger partial charge in [-0.2, -0.15) is 0 Å². The van der Waals surface area contributed by atoms with E-state index in [4.69, 9.17) is 10.9 Å². The Labute approximate surface area is 119 Å². The number of hydrogen-bond donors (Lipinski definition) is 3. The van der Waals surface area contributed by atoms with Crippen molar-refractivity contribution in [2.24, 2.45) is 5.73 Å². The van der Waals surface area contributed by atoms with Crippen LogP contribution in [0.5, 0.6) is 0 Å². The van der Waals surface area contributed by atoms with E-state index in [9.17, 15) is 13.6 Å². The molecular weight excluding hydrogens is 282 g/mol. The van der Waals surface area contributed by atoms with Gasteiger partial charge in [-0.05, 0) is 31.5 Å². The molecule has 0 unspecified atom stereocenters. The van der Waals surface area contributed by atoms with Crippen LogP contribution in [0.4, 0.5) is 5.69 Å². The lowest BCUT2D eigenvalue weighted by Crippen LogP contribution is -2.26. The average Bonchev–Trinajstić information content (AvgIpc) is 2.42. The third-order valence-corrected chi connectivity index (χ3v) is 4.29. The summed E-state index contributed by atoms with van der Waals surface area (Å²) < 4.78 is 26.5. The summed E-state index contributed by atoms with van der Waals surface area (Å²) in [6.45, 7) is 0.917. The maximum Gasteiger partial charge on any atom is 0.242 e. The Bertz CT molecular complexity index is 505. The Balaban J connectivity index is 2.61. The smallest absolute Gasteiger partial charge is 0.242 e. The van der Waals surface area contributed by atoms with Crippen molar-refractivity contribution in [1.82, 2.24) is 4.72 Å². The predicted molar refractivity (Wildman–Crippen MR) is 76.8 cm³/mol. The normalized spacial score (nSPS) is 11.6. The van der Waals surface area contributed by atoms with Gasteiger partial charge in [-0.1, -0.05) is 25.0 Å². The molecule has 114 valence electrons. The lowest BCUT2D eigenvalue weighted by Gasteiger charge is -2.24. The maximum atomic E-state index is 12.0. The predicted octanol–water partition coefficient (Wildman–Crippen LogP) is 1.18. The molecule has 1 aromatic carbocycles. The van der Waals surface area contributed by atoms with E-state index in [1.807, 2.05) is 0 Å². The Kier molecular flexibility index (Phi) is 6.89. The van der Waals surface area contributed by atoms with E-state index in [0.29, 0.717) is 13.0 Å². The van der Waals surface area contributed by atoms with Gasteiger partial charge in [-0.15, -0.1) is 0 Å². The lowest BCUT2D eigenvalue weighted by molar-refractivity contribution is 0.294. The minimum Gasteiger partial charge on any atom is -0.733 e. The fourth-order valence-electron chi connectivity index (χ4n) is 1.75. The highest BCUT2D eigenvalue weighted by atomic mass is 32.2. The molecule has 20 heavy (non-hydrogen) atoms. The fraction of sp³-hybridized carbons (Fsp3) is 0.500. The van der Waals surface area contributed by atoms with Crippen molar-refractivity contribution < 1.29 is 13.6 Å². The number of anilines is 1. The summed E-state index contributed by atoms with van der Waals surface area (Å²) in [5.74, 6) is 0. The van der Waals surface area contributed by atoms with E-state index in [1.54, 1.807) is 0 Å². The Hall–Kier alpha value is -1.19. The highest BCUT2D eigenvalue weighted by Gasteiger charge is 2.17. The van der Waals surface area contributed by atoms with Gasteiger partial charge >= 0.3 is 0 Å². The van der Waals surface area contributed by atoms with Crippen LogP contribution < -0.4 is 15.7 Å². The fourth-order valence-corrected chi connectivity index (χ4v) is 3.00. The van der Waals surface area contributed by atoms with Crippen molar-refractivity contribution in [3.63, 3.8) is 0 Å². The second-order valence-corrected chi connectivity index (χ2v) is 6.08. The van der Waals surface area contributed by atoms with Crippen LogP contribution in [-0.2, 0) is 10.0 Å². The number of rotatable bonds is 9. The Morgan fingerprint density at radius 1 is 1.20 bits per heavy atom. The van der Waals surface area contributed by atoms with Crippen molar-refractivity contribution in [1.29, 1.82) is 0 Å². The van der Waals surface area contributed by atoms with Crippen molar-refractivity contribution in [2.75, 3.05) is 18.3 Å². The van der Waals surface area contributed by atoms with E-state index < -0.39 is 15.2 Å². The standard InChI is InChI=1S/C12H20N3O4S/c13-9-5-1-2-6-10-14-20(18,19)12-8-4-3-7-11(12)15(16)17/h3-4,7-8,14,16H,1-2,5-6,9-10,13H2/q-1. The van der Waals surface area contributed by atoms with Crippen LogP contribution in [0.25, 0.3) is 0 Å². The van der Waals surface area contributed by atoms with Crippen LogP contribution in [0.1, 0.15) is 25.7 Å². The van der Waals surface area contributed by atoms with E-state index in [-0.39, 0.29) is 17.1 Å². The first-order chi connectivity index (χ1) is 9.49. The Morgan fingerprint density at radius 3 is 2.50 bits per heavy atom. The molecule has 7 nitrogen and oxygen atoms in total. The summed E-state index contributed by atoms with van der Waals surface area (Å²) >= 11 is 0. The van der Waals surface area contributed by atoms with Crippen LogP contribution in [0.15, 0.2) is 29.2 Å². The minimum atomic E-state index is -3.81. The summed E-state index contributed by atoms with van der Waals surface area (Å²) in [5.41, 5.74) is 5.06. The van der Waals surface area contributed by atoms with Gasteiger partial charge in [0.1, 0.15) is 4.90 Å². The van der Waals surface area contributed by atoms with Crippen LogP contribution in [0.3, 0.4) is 0 Å². The molecule has 0 aliphatic rings. The lowest BCUT2D eigenvalue weighted by atomic mass is 10.2. The molecule has 0 spiro atoms. The molecule has 0 atom stereocenters. The molecule has 4 N–H and O–H groups in total. The Morgan fingerprint density at radius 2 is 1.85 bits per heavy atom.